The van der Waals surface area contributed by atoms with E-state index in [1.807, 2.05) is 25.1 Å². The second kappa shape index (κ2) is 5.87. The number of hydrogen-bond acceptors (Lipinski definition) is 2. The maximum absolute atomic E-state index is 13.9. The Morgan fingerprint density at radius 1 is 1.15 bits per heavy atom. The van der Waals surface area contributed by atoms with Crippen LogP contribution in [0.2, 0.25) is 0 Å². The van der Waals surface area contributed by atoms with Crippen molar-refractivity contribution in [1.29, 1.82) is 0 Å². The number of methoxy groups -OCH3 is 1. The molecule has 0 aliphatic rings. The van der Waals surface area contributed by atoms with Gasteiger partial charge in [0.1, 0.15) is 11.6 Å². The lowest BCUT2D eigenvalue weighted by Gasteiger charge is -2.08. The Morgan fingerprint density at radius 3 is 2.35 bits per heavy atom. The van der Waals surface area contributed by atoms with E-state index in [1.165, 1.54) is 6.07 Å². The van der Waals surface area contributed by atoms with Gasteiger partial charge in [-0.3, -0.25) is 4.79 Å². The minimum Gasteiger partial charge on any atom is -0.497 e. The van der Waals surface area contributed by atoms with Gasteiger partial charge < -0.3 is 4.74 Å². The number of benzene rings is 2. The Labute approximate surface area is 118 Å². The zero-order valence-corrected chi connectivity index (χ0v) is 11.9. The third-order valence-electron chi connectivity index (χ3n) is 3.23. The van der Waals surface area contributed by atoms with E-state index >= 15 is 0 Å². The number of rotatable bonds is 4. The summed E-state index contributed by atoms with van der Waals surface area (Å²) in [5, 5.41) is 0. The lowest BCUT2D eigenvalue weighted by molar-refractivity contribution is 0.0988. The summed E-state index contributed by atoms with van der Waals surface area (Å²) in [5.74, 6) is 0.0880. The van der Waals surface area contributed by atoms with E-state index in [-0.39, 0.29) is 17.8 Å². The molecule has 0 radical (unpaired) electrons. The number of carbonyl (C=O) groups excluding carboxylic acids is 1. The van der Waals surface area contributed by atoms with E-state index in [1.54, 1.807) is 26.2 Å². The lowest BCUT2D eigenvalue weighted by Crippen LogP contribution is -2.09. The first-order chi connectivity index (χ1) is 9.51. The Morgan fingerprint density at radius 2 is 1.80 bits per heavy atom. The molecule has 104 valence electrons. The summed E-state index contributed by atoms with van der Waals surface area (Å²) in [6, 6.07) is 10.4. The van der Waals surface area contributed by atoms with Crippen LogP contribution in [0.25, 0.3) is 0 Å². The Hall–Kier alpha value is -2.16. The third-order valence-corrected chi connectivity index (χ3v) is 3.23. The first-order valence-corrected chi connectivity index (χ1v) is 6.44. The second-order valence-corrected chi connectivity index (χ2v) is 4.89. The predicted molar refractivity (Wildman–Crippen MR) is 76.9 cm³/mol. The van der Waals surface area contributed by atoms with Gasteiger partial charge in [0.25, 0.3) is 0 Å². The van der Waals surface area contributed by atoms with Crippen LogP contribution in [0.15, 0.2) is 36.4 Å². The zero-order valence-electron chi connectivity index (χ0n) is 11.9. The standard InChI is InChI=1S/C17H17FO2/c1-11-8-12(2)17(15(18)9-11)16(19)10-13-4-6-14(20-3)7-5-13/h4-9H,10H2,1-3H3. The molecule has 0 fully saturated rings. The molecule has 2 rings (SSSR count). The summed E-state index contributed by atoms with van der Waals surface area (Å²) in [5.41, 5.74) is 2.53. The van der Waals surface area contributed by atoms with Crippen molar-refractivity contribution in [3.8, 4) is 5.75 Å². The monoisotopic (exact) mass is 272 g/mol. The predicted octanol–water partition coefficient (Wildman–Crippen LogP) is 3.88. The van der Waals surface area contributed by atoms with Gasteiger partial charge >= 0.3 is 0 Å². The summed E-state index contributed by atoms with van der Waals surface area (Å²) in [4.78, 5) is 12.3. The van der Waals surface area contributed by atoms with Crippen LogP contribution in [0.1, 0.15) is 27.0 Å². The highest BCUT2D eigenvalue weighted by Gasteiger charge is 2.15. The number of Topliss-reactive ketones (excluding diaryl/α,β-unsaturated/α-hetero) is 1. The lowest BCUT2D eigenvalue weighted by atomic mass is 9.97. The fourth-order valence-corrected chi connectivity index (χ4v) is 2.29. The average molecular weight is 272 g/mol. The van der Waals surface area contributed by atoms with Gasteiger partial charge in [0, 0.05) is 6.42 Å². The molecule has 2 nitrogen and oxygen atoms in total. The van der Waals surface area contributed by atoms with Crippen molar-refractivity contribution in [2.24, 2.45) is 0 Å². The maximum Gasteiger partial charge on any atom is 0.170 e. The van der Waals surface area contributed by atoms with E-state index in [2.05, 4.69) is 0 Å². The van der Waals surface area contributed by atoms with Crippen LogP contribution in [0.3, 0.4) is 0 Å². The van der Waals surface area contributed by atoms with Crippen LogP contribution in [0.5, 0.6) is 5.75 Å². The van der Waals surface area contributed by atoms with Gasteiger partial charge in [-0.15, -0.1) is 0 Å². The zero-order chi connectivity index (χ0) is 14.7. The smallest absolute Gasteiger partial charge is 0.170 e. The molecule has 0 unspecified atom stereocenters. The van der Waals surface area contributed by atoms with Crippen molar-refractivity contribution in [3.63, 3.8) is 0 Å². The Balaban J connectivity index is 2.23. The van der Waals surface area contributed by atoms with Crippen molar-refractivity contribution in [3.05, 3.63) is 64.5 Å². The van der Waals surface area contributed by atoms with Crippen LogP contribution in [-0.4, -0.2) is 12.9 Å². The van der Waals surface area contributed by atoms with E-state index in [9.17, 15) is 9.18 Å². The molecule has 2 aromatic carbocycles. The molecule has 0 bridgehead atoms. The summed E-state index contributed by atoms with van der Waals surface area (Å²) in [7, 11) is 1.59. The van der Waals surface area contributed by atoms with Gasteiger partial charge in [-0.2, -0.15) is 0 Å². The minimum atomic E-state index is -0.444. The summed E-state index contributed by atoms with van der Waals surface area (Å²) >= 11 is 0. The first-order valence-electron chi connectivity index (χ1n) is 6.44. The van der Waals surface area contributed by atoms with Gasteiger partial charge in [0.2, 0.25) is 0 Å². The van der Waals surface area contributed by atoms with E-state index in [4.69, 9.17) is 4.74 Å². The molecule has 2 aromatic rings. The van der Waals surface area contributed by atoms with E-state index in [0.29, 0.717) is 5.56 Å². The number of hydrogen-bond donors (Lipinski definition) is 0. The fraction of sp³-hybridized carbons (Fsp3) is 0.235. The number of halogens is 1. The van der Waals surface area contributed by atoms with E-state index in [0.717, 1.165) is 16.9 Å². The number of carbonyl (C=O) groups is 1. The quantitative estimate of drug-likeness (QED) is 0.790. The molecular formula is C17H17FO2. The molecule has 0 N–H and O–H groups in total. The van der Waals surface area contributed by atoms with Gasteiger partial charge in [0.05, 0.1) is 12.7 Å². The van der Waals surface area contributed by atoms with Crippen molar-refractivity contribution >= 4 is 5.78 Å². The van der Waals surface area contributed by atoms with Gasteiger partial charge in [-0.25, -0.2) is 4.39 Å². The molecule has 0 atom stereocenters. The molecule has 0 saturated heterocycles. The molecular weight excluding hydrogens is 255 g/mol. The van der Waals surface area contributed by atoms with Crippen LogP contribution in [0.4, 0.5) is 4.39 Å². The van der Waals surface area contributed by atoms with Crippen molar-refractivity contribution in [2.75, 3.05) is 7.11 Å². The Kier molecular flexibility index (Phi) is 4.18. The molecule has 20 heavy (non-hydrogen) atoms. The number of aryl methyl sites for hydroxylation is 2. The highest BCUT2D eigenvalue weighted by Crippen LogP contribution is 2.19. The van der Waals surface area contributed by atoms with E-state index < -0.39 is 5.82 Å². The molecule has 3 heteroatoms. The highest BCUT2D eigenvalue weighted by atomic mass is 19.1. The maximum atomic E-state index is 13.9. The number of ether oxygens (including phenoxy) is 1. The second-order valence-electron chi connectivity index (χ2n) is 4.89. The van der Waals surface area contributed by atoms with Crippen LogP contribution < -0.4 is 4.74 Å². The van der Waals surface area contributed by atoms with Crippen LogP contribution >= 0.6 is 0 Å². The molecule has 0 aliphatic carbocycles. The van der Waals surface area contributed by atoms with Gasteiger partial charge in [-0.05, 0) is 48.7 Å². The molecule has 0 amide bonds. The molecule has 0 aromatic heterocycles. The molecule has 0 aliphatic heterocycles. The summed E-state index contributed by atoms with van der Waals surface area (Å²) in [6.07, 6.45) is 0.185. The normalized spacial score (nSPS) is 10.4. The summed E-state index contributed by atoms with van der Waals surface area (Å²) < 4.78 is 19.0. The van der Waals surface area contributed by atoms with Gasteiger partial charge in [-0.1, -0.05) is 18.2 Å². The molecule has 0 saturated carbocycles. The van der Waals surface area contributed by atoms with Crippen LogP contribution in [-0.2, 0) is 6.42 Å². The molecule has 0 spiro atoms. The van der Waals surface area contributed by atoms with Crippen molar-refractivity contribution in [1.82, 2.24) is 0 Å². The fourth-order valence-electron chi connectivity index (χ4n) is 2.29. The average Bonchev–Trinajstić information content (AvgIpc) is 2.38. The van der Waals surface area contributed by atoms with Crippen molar-refractivity contribution < 1.29 is 13.9 Å². The Bertz CT molecular complexity index is 607. The highest BCUT2D eigenvalue weighted by molar-refractivity contribution is 5.99. The molecule has 0 heterocycles. The van der Waals surface area contributed by atoms with Crippen molar-refractivity contribution in [2.45, 2.75) is 20.3 Å². The first kappa shape index (κ1) is 14.3. The largest absolute Gasteiger partial charge is 0.497 e. The topological polar surface area (TPSA) is 26.3 Å². The third kappa shape index (κ3) is 3.05. The SMILES string of the molecule is COc1ccc(CC(=O)c2c(C)cc(C)cc2F)cc1. The van der Waals surface area contributed by atoms with Gasteiger partial charge in [0.15, 0.2) is 5.78 Å². The minimum absolute atomic E-state index is 0.185. The van der Waals surface area contributed by atoms with Crippen LogP contribution in [0, 0.1) is 19.7 Å². The summed E-state index contributed by atoms with van der Waals surface area (Å²) in [6.45, 7) is 3.57. The number of ketones is 1.